The monoisotopic (exact) mass is 265 g/mol. The van der Waals surface area contributed by atoms with Crippen LogP contribution in [0.1, 0.15) is 36.5 Å². The highest BCUT2D eigenvalue weighted by Gasteiger charge is 2.22. The minimum absolute atomic E-state index is 0.328. The Bertz CT molecular complexity index is 392. The van der Waals surface area contributed by atoms with Crippen molar-refractivity contribution >= 4 is 11.6 Å². The van der Waals surface area contributed by atoms with Crippen LogP contribution in [0.15, 0.2) is 18.2 Å². The molecule has 1 aliphatic heterocycles. The van der Waals surface area contributed by atoms with E-state index in [1.807, 2.05) is 0 Å². The summed E-state index contributed by atoms with van der Waals surface area (Å²) in [4.78, 5) is 2.56. The average Bonchev–Trinajstić information content (AvgIpc) is 2.34. The second kappa shape index (κ2) is 6.08. The zero-order valence-corrected chi connectivity index (χ0v) is 12.5. The number of rotatable bonds is 3. The van der Waals surface area contributed by atoms with Crippen molar-refractivity contribution in [2.24, 2.45) is 5.92 Å². The van der Waals surface area contributed by atoms with Gasteiger partial charge in [0.1, 0.15) is 0 Å². The molecule has 1 heterocycles. The molecule has 2 heteroatoms. The lowest BCUT2D eigenvalue weighted by molar-refractivity contribution is 0.176. The molecule has 1 aromatic rings. The predicted octanol–water partition coefficient (Wildman–Crippen LogP) is 4.14. The number of nitrogens with zero attached hydrogens (tertiary/aromatic N) is 1. The zero-order valence-electron chi connectivity index (χ0n) is 11.7. The Balaban J connectivity index is 1.89. The number of piperidine rings is 1. The van der Waals surface area contributed by atoms with E-state index in [0.29, 0.717) is 11.3 Å². The van der Waals surface area contributed by atoms with Gasteiger partial charge in [-0.15, -0.1) is 11.6 Å². The molecule has 0 amide bonds. The van der Waals surface area contributed by atoms with Gasteiger partial charge in [0, 0.05) is 11.9 Å². The summed E-state index contributed by atoms with van der Waals surface area (Å²) in [7, 11) is 0. The van der Waals surface area contributed by atoms with Crippen LogP contribution >= 0.6 is 11.6 Å². The summed E-state index contributed by atoms with van der Waals surface area (Å²) in [5.41, 5.74) is 4.22. The fraction of sp³-hybridized carbons (Fsp3) is 0.625. The van der Waals surface area contributed by atoms with E-state index in [1.165, 1.54) is 42.6 Å². The molecule has 0 spiro atoms. The fourth-order valence-corrected chi connectivity index (χ4v) is 2.98. The van der Waals surface area contributed by atoms with E-state index in [1.54, 1.807) is 0 Å². The van der Waals surface area contributed by atoms with Crippen LogP contribution in [0.3, 0.4) is 0 Å². The van der Waals surface area contributed by atoms with Crippen LogP contribution in [0, 0.1) is 19.8 Å². The van der Waals surface area contributed by atoms with Crippen molar-refractivity contribution in [2.45, 2.75) is 45.5 Å². The van der Waals surface area contributed by atoms with E-state index in [4.69, 9.17) is 11.6 Å². The summed E-state index contributed by atoms with van der Waals surface area (Å²) in [6, 6.07) is 6.82. The smallest absolute Gasteiger partial charge is 0.0337 e. The van der Waals surface area contributed by atoms with E-state index in [2.05, 4.69) is 43.9 Å². The molecular weight excluding hydrogens is 242 g/mol. The molecule has 1 fully saturated rings. The van der Waals surface area contributed by atoms with Crippen molar-refractivity contribution < 1.29 is 0 Å². The minimum Gasteiger partial charge on any atom is -0.299 e. The van der Waals surface area contributed by atoms with Crippen molar-refractivity contribution in [3.63, 3.8) is 0 Å². The van der Waals surface area contributed by atoms with E-state index >= 15 is 0 Å². The molecule has 1 atom stereocenters. The van der Waals surface area contributed by atoms with Crippen molar-refractivity contribution in [3.8, 4) is 0 Å². The molecule has 0 bridgehead atoms. The molecule has 0 saturated carbocycles. The minimum atomic E-state index is 0.328. The van der Waals surface area contributed by atoms with E-state index in [0.717, 1.165) is 6.54 Å². The van der Waals surface area contributed by atoms with Crippen LogP contribution < -0.4 is 0 Å². The standard InChI is InChI=1S/C16H24ClN/c1-12-4-5-15(10-13(12)2)11-18-8-6-16(7-9-18)14(3)17/h4-5,10,14,16H,6-9,11H2,1-3H3. The first-order valence-electron chi connectivity index (χ1n) is 6.99. The van der Waals surface area contributed by atoms with Crippen LogP contribution in [0.4, 0.5) is 0 Å². The molecule has 1 saturated heterocycles. The van der Waals surface area contributed by atoms with Gasteiger partial charge in [-0.1, -0.05) is 18.2 Å². The van der Waals surface area contributed by atoms with Crippen molar-refractivity contribution in [1.82, 2.24) is 4.90 Å². The molecule has 1 nitrogen and oxygen atoms in total. The maximum absolute atomic E-state index is 6.18. The zero-order chi connectivity index (χ0) is 13.1. The first kappa shape index (κ1) is 13.9. The highest BCUT2D eigenvalue weighted by molar-refractivity contribution is 6.20. The van der Waals surface area contributed by atoms with Gasteiger partial charge in [-0.3, -0.25) is 4.90 Å². The largest absolute Gasteiger partial charge is 0.299 e. The third-order valence-electron chi connectivity index (χ3n) is 4.26. The van der Waals surface area contributed by atoms with E-state index < -0.39 is 0 Å². The number of hydrogen-bond acceptors (Lipinski definition) is 1. The van der Waals surface area contributed by atoms with Gasteiger partial charge >= 0.3 is 0 Å². The van der Waals surface area contributed by atoms with Gasteiger partial charge in [0.15, 0.2) is 0 Å². The molecule has 0 N–H and O–H groups in total. The quantitative estimate of drug-likeness (QED) is 0.743. The lowest BCUT2D eigenvalue weighted by Crippen LogP contribution is -2.35. The molecule has 2 rings (SSSR count). The summed E-state index contributed by atoms with van der Waals surface area (Å²) in [6.07, 6.45) is 2.49. The first-order chi connectivity index (χ1) is 8.56. The SMILES string of the molecule is Cc1ccc(CN2CCC(C(C)Cl)CC2)cc1C. The van der Waals surface area contributed by atoms with Crippen LogP contribution in [0.25, 0.3) is 0 Å². The average molecular weight is 266 g/mol. The van der Waals surface area contributed by atoms with Crippen LogP contribution in [0.2, 0.25) is 0 Å². The van der Waals surface area contributed by atoms with Gasteiger partial charge in [0.25, 0.3) is 0 Å². The highest BCUT2D eigenvalue weighted by Crippen LogP contribution is 2.25. The van der Waals surface area contributed by atoms with Gasteiger partial charge in [-0.2, -0.15) is 0 Å². The third kappa shape index (κ3) is 3.49. The second-order valence-electron chi connectivity index (χ2n) is 5.71. The fourth-order valence-electron chi connectivity index (χ4n) is 2.73. The van der Waals surface area contributed by atoms with Gasteiger partial charge in [0.05, 0.1) is 0 Å². The van der Waals surface area contributed by atoms with E-state index in [-0.39, 0.29) is 0 Å². The Morgan fingerprint density at radius 2 is 1.89 bits per heavy atom. The lowest BCUT2D eigenvalue weighted by Gasteiger charge is -2.33. The molecule has 0 aromatic heterocycles. The van der Waals surface area contributed by atoms with Crippen LogP contribution in [0.5, 0.6) is 0 Å². The molecule has 18 heavy (non-hydrogen) atoms. The number of alkyl halides is 1. The highest BCUT2D eigenvalue weighted by atomic mass is 35.5. The third-order valence-corrected chi connectivity index (χ3v) is 4.62. The molecular formula is C16H24ClN. The molecule has 1 aromatic carbocycles. The van der Waals surface area contributed by atoms with Gasteiger partial charge < -0.3 is 0 Å². The molecule has 1 aliphatic rings. The van der Waals surface area contributed by atoms with Crippen molar-refractivity contribution in [2.75, 3.05) is 13.1 Å². The van der Waals surface area contributed by atoms with Crippen LogP contribution in [-0.4, -0.2) is 23.4 Å². The predicted molar refractivity (Wildman–Crippen MR) is 79.2 cm³/mol. The normalized spacial score (nSPS) is 20.0. The Morgan fingerprint density at radius 3 is 2.44 bits per heavy atom. The van der Waals surface area contributed by atoms with Gasteiger partial charge in [0.2, 0.25) is 0 Å². The van der Waals surface area contributed by atoms with Crippen molar-refractivity contribution in [1.29, 1.82) is 0 Å². The second-order valence-corrected chi connectivity index (χ2v) is 6.40. The summed E-state index contributed by atoms with van der Waals surface area (Å²) in [5.74, 6) is 0.711. The maximum atomic E-state index is 6.18. The van der Waals surface area contributed by atoms with Crippen LogP contribution in [-0.2, 0) is 6.54 Å². The Labute approximate surface area is 116 Å². The Morgan fingerprint density at radius 1 is 1.22 bits per heavy atom. The number of aryl methyl sites for hydroxylation is 2. The molecule has 0 radical (unpaired) electrons. The van der Waals surface area contributed by atoms with E-state index in [9.17, 15) is 0 Å². The summed E-state index contributed by atoms with van der Waals surface area (Å²) >= 11 is 6.18. The maximum Gasteiger partial charge on any atom is 0.0337 e. The number of hydrogen-bond donors (Lipinski definition) is 0. The summed E-state index contributed by atoms with van der Waals surface area (Å²) in [5, 5.41) is 0.328. The summed E-state index contributed by atoms with van der Waals surface area (Å²) in [6.45, 7) is 9.96. The van der Waals surface area contributed by atoms with Gasteiger partial charge in [-0.05, 0) is 69.3 Å². The first-order valence-corrected chi connectivity index (χ1v) is 7.42. The number of likely N-dealkylation sites (tertiary alicyclic amines) is 1. The number of benzene rings is 1. The van der Waals surface area contributed by atoms with Gasteiger partial charge in [-0.25, -0.2) is 0 Å². The number of halogens is 1. The topological polar surface area (TPSA) is 3.24 Å². The van der Waals surface area contributed by atoms with Crippen molar-refractivity contribution in [3.05, 3.63) is 34.9 Å². The molecule has 0 aliphatic carbocycles. The molecule has 1 unspecified atom stereocenters. The molecule has 100 valence electrons. The summed E-state index contributed by atoms with van der Waals surface area (Å²) < 4.78 is 0. The lowest BCUT2D eigenvalue weighted by atomic mass is 9.93. The Kier molecular flexibility index (Phi) is 4.69. The Hall–Kier alpha value is -0.530.